The van der Waals surface area contributed by atoms with Crippen molar-refractivity contribution in [2.24, 2.45) is 28.1 Å². The van der Waals surface area contributed by atoms with Gasteiger partial charge in [-0.3, -0.25) is 9.59 Å². The molecule has 3 N–H and O–H groups in total. The van der Waals surface area contributed by atoms with Crippen LogP contribution in [-0.4, -0.2) is 75.1 Å². The molecule has 3 fully saturated rings. The number of hydrogen-bond donors (Lipinski definition) is 3. The van der Waals surface area contributed by atoms with Crippen molar-refractivity contribution in [2.45, 2.75) is 83.6 Å². The van der Waals surface area contributed by atoms with Crippen LogP contribution in [0.2, 0.25) is 0 Å². The summed E-state index contributed by atoms with van der Waals surface area (Å²) in [6.07, 6.45) is -6.08. The predicted molar refractivity (Wildman–Crippen MR) is 165 cm³/mol. The molecule has 3 saturated carbocycles. The number of ketones is 1. The number of carbonyl (C=O) groups is 4. The summed E-state index contributed by atoms with van der Waals surface area (Å²) < 4.78 is 18.2. The third-order valence-electron chi connectivity index (χ3n) is 10.8. The van der Waals surface area contributed by atoms with Crippen LogP contribution >= 0.6 is 0 Å². The van der Waals surface area contributed by atoms with Gasteiger partial charge in [0.1, 0.15) is 12.2 Å². The van der Waals surface area contributed by atoms with Crippen LogP contribution in [0, 0.1) is 28.1 Å². The molecule has 10 heteroatoms. The smallest absolute Gasteiger partial charge is 0.338 e. The molecule has 0 amide bonds. The van der Waals surface area contributed by atoms with E-state index in [4.69, 9.17) is 14.2 Å². The van der Waals surface area contributed by atoms with Gasteiger partial charge in [-0.25, -0.2) is 9.59 Å². The number of ether oxygens (including phenoxy) is 3. The Hall–Kier alpha value is -3.86. The van der Waals surface area contributed by atoms with E-state index < -0.39 is 87.9 Å². The lowest BCUT2D eigenvalue weighted by Crippen LogP contribution is -2.80. The number of fused-ring (bicyclic) bond motifs is 3. The fourth-order valence-electron chi connectivity index (χ4n) is 8.69. The molecule has 0 unspecified atom stereocenters. The summed E-state index contributed by atoms with van der Waals surface area (Å²) in [5.41, 5.74) is -6.06. The molecule has 0 bridgehead atoms. The molecular weight excluding hydrogens is 592 g/mol. The summed E-state index contributed by atoms with van der Waals surface area (Å²) in [6, 6.07) is 16.3. The Bertz CT molecular complexity index is 1520. The third kappa shape index (κ3) is 5.07. The molecule has 0 aromatic heterocycles. The molecule has 2 aromatic rings. The first-order chi connectivity index (χ1) is 21.5. The van der Waals surface area contributed by atoms with Crippen LogP contribution in [0.15, 0.2) is 73.3 Å². The van der Waals surface area contributed by atoms with Gasteiger partial charge in [0.05, 0.1) is 23.3 Å². The molecule has 10 atom stereocenters. The van der Waals surface area contributed by atoms with Crippen molar-refractivity contribution in [3.05, 3.63) is 84.4 Å². The number of esters is 3. The van der Waals surface area contributed by atoms with E-state index in [1.165, 1.54) is 25.1 Å². The Kier molecular flexibility index (Phi) is 8.55. The first kappa shape index (κ1) is 33.5. The van der Waals surface area contributed by atoms with Crippen LogP contribution in [0.4, 0.5) is 0 Å². The highest BCUT2D eigenvalue weighted by atomic mass is 16.6. The summed E-state index contributed by atoms with van der Waals surface area (Å²) in [5, 5.41) is 35.8. The predicted octanol–water partition coefficient (Wildman–Crippen LogP) is 3.67. The summed E-state index contributed by atoms with van der Waals surface area (Å²) in [4.78, 5) is 54.1. The maximum absolute atomic E-state index is 14.1. The van der Waals surface area contributed by atoms with Crippen LogP contribution < -0.4 is 0 Å². The van der Waals surface area contributed by atoms with Gasteiger partial charge in [0.25, 0.3) is 0 Å². The van der Waals surface area contributed by atoms with Gasteiger partial charge < -0.3 is 29.5 Å². The van der Waals surface area contributed by atoms with Crippen molar-refractivity contribution >= 4 is 23.7 Å². The van der Waals surface area contributed by atoms with Gasteiger partial charge in [0, 0.05) is 29.1 Å². The van der Waals surface area contributed by atoms with Crippen LogP contribution in [-0.2, 0) is 23.8 Å². The van der Waals surface area contributed by atoms with Crippen LogP contribution in [0.25, 0.3) is 0 Å². The van der Waals surface area contributed by atoms with Gasteiger partial charge in [-0.15, -0.1) is 6.58 Å². The quantitative estimate of drug-likeness (QED) is 0.243. The first-order valence-electron chi connectivity index (χ1n) is 15.5. The lowest BCUT2D eigenvalue weighted by atomic mass is 9.39. The number of allylic oxidation sites excluding steroid dienone is 1. The van der Waals surface area contributed by atoms with Gasteiger partial charge in [-0.2, -0.15) is 0 Å². The molecule has 3 aliphatic rings. The Balaban J connectivity index is 1.72. The first-order valence-corrected chi connectivity index (χ1v) is 15.5. The Morgan fingerprint density at radius 3 is 1.83 bits per heavy atom. The maximum atomic E-state index is 14.1. The van der Waals surface area contributed by atoms with Gasteiger partial charge in [0.2, 0.25) is 0 Å². The van der Waals surface area contributed by atoms with E-state index in [0.29, 0.717) is 0 Å². The van der Waals surface area contributed by atoms with Crippen LogP contribution in [0.3, 0.4) is 0 Å². The summed E-state index contributed by atoms with van der Waals surface area (Å²) >= 11 is 0. The molecule has 0 radical (unpaired) electrons. The van der Waals surface area contributed by atoms with E-state index in [-0.39, 0.29) is 24.0 Å². The number of aliphatic hydroxyl groups excluding tert-OH is 2. The number of rotatable bonds is 6. The number of benzene rings is 2. The van der Waals surface area contributed by atoms with Crippen LogP contribution in [0.5, 0.6) is 0 Å². The highest BCUT2D eigenvalue weighted by molar-refractivity contribution is 5.96. The minimum absolute atomic E-state index is 0.123. The monoisotopic (exact) mass is 634 g/mol. The van der Waals surface area contributed by atoms with E-state index in [0.717, 1.165) is 0 Å². The molecule has 46 heavy (non-hydrogen) atoms. The molecular formula is C36H42O10. The molecule has 0 saturated heterocycles. The standard InChI is InChI=1S/C36H42O10/c1-7-34(5)19-23(38)27-35(6)24(18-25(39)36(27,43)32(34)42)33(3,4)28(45-30(40)21-14-10-8-11-15-21)26(44-20(2)37)29(35)46-31(41)22-16-12-9-13-17-22/h7-17,23-29,38-39,43H,1,18-19H2,2-6H3/t23-,24+,25-,26+,27-,28-,29+,34+,35+,36+/m0/s1. The van der Waals surface area contributed by atoms with Crippen LogP contribution in [0.1, 0.15) is 68.2 Å². The topological polar surface area (TPSA) is 157 Å². The normalized spacial score (nSPS) is 38.0. The Morgan fingerprint density at radius 2 is 1.35 bits per heavy atom. The second-order valence-electron chi connectivity index (χ2n) is 14.0. The number of carbonyl (C=O) groups excluding carboxylic acids is 4. The van der Waals surface area contributed by atoms with Crippen molar-refractivity contribution in [3.63, 3.8) is 0 Å². The molecule has 0 spiro atoms. The lowest BCUT2D eigenvalue weighted by molar-refractivity contribution is -0.312. The van der Waals surface area contributed by atoms with Crippen molar-refractivity contribution < 1.29 is 48.7 Å². The van der Waals surface area contributed by atoms with E-state index in [1.807, 2.05) is 0 Å². The van der Waals surface area contributed by atoms with Crippen molar-refractivity contribution in [1.82, 2.24) is 0 Å². The van der Waals surface area contributed by atoms with Gasteiger partial charge in [-0.1, -0.05) is 63.2 Å². The molecule has 0 aliphatic heterocycles. The maximum Gasteiger partial charge on any atom is 0.338 e. The third-order valence-corrected chi connectivity index (χ3v) is 10.8. The SMILES string of the molecule is C=C[C@]1(C)C[C@H](O)[C@@H]2[C@@](O)(C1=O)[C@@H](O)C[C@@H]1C(C)(C)[C@@H](OC(=O)c3ccccc3)[C@@H](OC(C)=O)[C@@H](OC(=O)c3ccccc3)[C@]12C. The summed E-state index contributed by atoms with van der Waals surface area (Å²) in [5.74, 6) is -5.11. The lowest BCUT2D eigenvalue weighted by Gasteiger charge is -2.68. The minimum atomic E-state index is -2.48. The number of Topliss-reactive ketones (excluding diaryl/α,β-unsaturated/α-hetero) is 1. The van der Waals surface area contributed by atoms with E-state index in [1.54, 1.807) is 76.2 Å². The van der Waals surface area contributed by atoms with Crippen molar-refractivity contribution in [1.29, 1.82) is 0 Å². The zero-order valence-electron chi connectivity index (χ0n) is 26.7. The number of aliphatic hydroxyl groups is 3. The summed E-state index contributed by atoms with van der Waals surface area (Å²) in [7, 11) is 0. The van der Waals surface area contributed by atoms with E-state index >= 15 is 0 Å². The fourth-order valence-corrected chi connectivity index (χ4v) is 8.69. The molecule has 10 nitrogen and oxygen atoms in total. The number of hydrogen-bond acceptors (Lipinski definition) is 10. The van der Waals surface area contributed by atoms with E-state index in [2.05, 4.69) is 6.58 Å². The van der Waals surface area contributed by atoms with Gasteiger partial charge in [-0.05, 0) is 49.9 Å². The highest BCUT2D eigenvalue weighted by Gasteiger charge is 2.77. The average molecular weight is 635 g/mol. The second-order valence-corrected chi connectivity index (χ2v) is 14.0. The molecule has 0 heterocycles. The summed E-state index contributed by atoms with van der Waals surface area (Å²) in [6.45, 7) is 11.7. The Labute approximate surface area is 268 Å². The average Bonchev–Trinajstić information content (AvgIpc) is 3.02. The van der Waals surface area contributed by atoms with Gasteiger partial charge >= 0.3 is 17.9 Å². The fraction of sp³-hybridized carbons (Fsp3) is 0.500. The molecule has 2 aromatic carbocycles. The molecule has 3 aliphatic carbocycles. The van der Waals surface area contributed by atoms with Gasteiger partial charge in [0.15, 0.2) is 17.5 Å². The zero-order chi connectivity index (χ0) is 33.8. The molecule has 246 valence electrons. The van der Waals surface area contributed by atoms with Crippen molar-refractivity contribution in [3.8, 4) is 0 Å². The molecule has 5 rings (SSSR count). The minimum Gasteiger partial charge on any atom is -0.455 e. The largest absolute Gasteiger partial charge is 0.455 e. The van der Waals surface area contributed by atoms with Crippen molar-refractivity contribution in [2.75, 3.05) is 0 Å². The second kappa shape index (κ2) is 11.7. The zero-order valence-corrected chi connectivity index (χ0v) is 26.7. The van der Waals surface area contributed by atoms with E-state index in [9.17, 15) is 34.5 Å². The highest BCUT2D eigenvalue weighted by Crippen LogP contribution is 2.67. The Morgan fingerprint density at radius 1 is 0.848 bits per heavy atom.